The second-order valence-electron chi connectivity index (χ2n) is 9.08. The lowest BCUT2D eigenvalue weighted by Crippen LogP contribution is -2.27. The standard InChI is InChI=1S/C31H28/c1-2-3-12-29(30-25-17-8-4-13-21(25)22-14-5-9-18-26(22)30)31-27-19-10-6-15-23(27)24-16-7-11-20-28(24)31/h4-11,13-20,25,29,31H,2-3,12H2,1H3. The molecule has 0 nitrogen and oxygen atoms in total. The molecule has 0 heterocycles. The first-order valence-corrected chi connectivity index (χ1v) is 11.7. The van der Waals surface area contributed by atoms with Crippen molar-refractivity contribution in [1.29, 1.82) is 0 Å². The maximum Gasteiger partial charge on any atom is 0.0249 e. The summed E-state index contributed by atoms with van der Waals surface area (Å²) < 4.78 is 0. The fourth-order valence-electron chi connectivity index (χ4n) is 6.21. The van der Waals surface area contributed by atoms with Gasteiger partial charge < -0.3 is 0 Å². The number of hydrogen-bond acceptors (Lipinski definition) is 0. The van der Waals surface area contributed by atoms with Crippen LogP contribution in [0.15, 0.2) is 97.1 Å². The third-order valence-electron chi connectivity index (χ3n) is 7.46. The minimum absolute atomic E-state index is 0.407. The Kier molecular flexibility index (Phi) is 4.53. The largest absolute Gasteiger partial charge is 0.0729 e. The van der Waals surface area contributed by atoms with Crippen molar-refractivity contribution in [3.63, 3.8) is 0 Å². The van der Waals surface area contributed by atoms with Crippen molar-refractivity contribution in [2.45, 2.75) is 32.1 Å². The summed E-state index contributed by atoms with van der Waals surface area (Å²) in [6, 6.07) is 27.3. The van der Waals surface area contributed by atoms with Crippen molar-refractivity contribution < 1.29 is 0 Å². The summed E-state index contributed by atoms with van der Waals surface area (Å²) in [6.07, 6.45) is 12.9. The molecule has 31 heavy (non-hydrogen) atoms. The highest BCUT2D eigenvalue weighted by molar-refractivity contribution is 5.84. The molecule has 0 spiro atoms. The highest BCUT2D eigenvalue weighted by atomic mass is 14.4. The molecule has 2 unspecified atom stereocenters. The average molecular weight is 401 g/mol. The Labute approximate surface area is 185 Å². The second kappa shape index (κ2) is 7.54. The van der Waals surface area contributed by atoms with Crippen molar-refractivity contribution in [2.75, 3.05) is 0 Å². The first-order valence-electron chi connectivity index (χ1n) is 11.7. The first kappa shape index (κ1) is 18.6. The van der Waals surface area contributed by atoms with Gasteiger partial charge in [-0.3, -0.25) is 0 Å². The van der Waals surface area contributed by atoms with Gasteiger partial charge in [0.05, 0.1) is 0 Å². The van der Waals surface area contributed by atoms with Crippen LogP contribution in [-0.2, 0) is 0 Å². The van der Waals surface area contributed by atoms with E-state index in [1.165, 1.54) is 57.5 Å². The minimum atomic E-state index is 0.407. The molecule has 3 aliphatic rings. The Balaban J connectivity index is 1.61. The zero-order valence-corrected chi connectivity index (χ0v) is 18.1. The monoisotopic (exact) mass is 400 g/mol. The zero-order chi connectivity index (χ0) is 20.8. The van der Waals surface area contributed by atoms with E-state index in [2.05, 4.69) is 104 Å². The summed E-state index contributed by atoms with van der Waals surface area (Å²) in [4.78, 5) is 0. The molecule has 3 aromatic rings. The lowest BCUT2D eigenvalue weighted by atomic mass is 9.72. The number of unbranched alkanes of at least 4 members (excludes halogenated alkanes) is 1. The van der Waals surface area contributed by atoms with Crippen LogP contribution in [0.3, 0.4) is 0 Å². The highest BCUT2D eigenvalue weighted by Gasteiger charge is 2.39. The second-order valence-corrected chi connectivity index (χ2v) is 9.08. The van der Waals surface area contributed by atoms with Crippen molar-refractivity contribution in [3.05, 3.63) is 119 Å². The number of rotatable bonds is 5. The highest BCUT2D eigenvalue weighted by Crippen LogP contribution is 2.53. The van der Waals surface area contributed by atoms with Gasteiger partial charge in [0, 0.05) is 11.8 Å². The van der Waals surface area contributed by atoms with Crippen LogP contribution in [-0.4, -0.2) is 0 Å². The fourth-order valence-corrected chi connectivity index (χ4v) is 6.21. The molecule has 0 bridgehead atoms. The Bertz CT molecular complexity index is 1290. The molecule has 0 heteroatoms. The number of hydrogen-bond donors (Lipinski definition) is 0. The van der Waals surface area contributed by atoms with E-state index >= 15 is 0 Å². The van der Waals surface area contributed by atoms with Crippen molar-refractivity contribution in [2.24, 2.45) is 11.8 Å². The van der Waals surface area contributed by atoms with Crippen LogP contribution in [0.2, 0.25) is 0 Å². The first-order chi connectivity index (χ1) is 15.4. The Hall–Kier alpha value is -3.12. The summed E-state index contributed by atoms with van der Waals surface area (Å²) >= 11 is 0. The molecule has 0 aromatic heterocycles. The third kappa shape index (κ3) is 2.82. The molecule has 3 aliphatic carbocycles. The molecular formula is C31H28. The van der Waals surface area contributed by atoms with E-state index in [1.807, 2.05) is 0 Å². The molecule has 0 fully saturated rings. The van der Waals surface area contributed by atoms with Crippen LogP contribution in [0, 0.1) is 11.8 Å². The Morgan fingerprint density at radius 2 is 1.39 bits per heavy atom. The van der Waals surface area contributed by atoms with Crippen LogP contribution >= 0.6 is 0 Å². The van der Waals surface area contributed by atoms with E-state index in [0.29, 0.717) is 17.8 Å². The van der Waals surface area contributed by atoms with Gasteiger partial charge in [-0.15, -0.1) is 0 Å². The lowest BCUT2D eigenvalue weighted by molar-refractivity contribution is 0.507. The minimum Gasteiger partial charge on any atom is -0.0729 e. The van der Waals surface area contributed by atoms with Gasteiger partial charge >= 0.3 is 0 Å². The number of benzene rings is 3. The van der Waals surface area contributed by atoms with Gasteiger partial charge in [-0.25, -0.2) is 0 Å². The quantitative estimate of drug-likeness (QED) is 0.467. The molecule has 0 aliphatic heterocycles. The molecule has 0 N–H and O–H groups in total. The number of fused-ring (bicyclic) bond motifs is 5. The molecule has 3 aromatic carbocycles. The number of allylic oxidation sites excluding steroid dienone is 4. The van der Waals surface area contributed by atoms with E-state index in [1.54, 1.807) is 5.57 Å². The van der Waals surface area contributed by atoms with Gasteiger partial charge in [0.1, 0.15) is 0 Å². The van der Waals surface area contributed by atoms with Gasteiger partial charge in [-0.1, -0.05) is 117 Å². The summed E-state index contributed by atoms with van der Waals surface area (Å²) in [6.45, 7) is 2.32. The molecule has 2 atom stereocenters. The molecule has 0 saturated carbocycles. The van der Waals surface area contributed by atoms with E-state index in [9.17, 15) is 0 Å². The molecule has 0 radical (unpaired) electrons. The van der Waals surface area contributed by atoms with Crippen LogP contribution in [0.25, 0.3) is 22.3 Å². The van der Waals surface area contributed by atoms with E-state index in [-0.39, 0.29) is 0 Å². The van der Waals surface area contributed by atoms with Crippen molar-refractivity contribution >= 4 is 11.1 Å². The summed E-state index contributed by atoms with van der Waals surface area (Å²) in [5.41, 5.74) is 9.00. The molecular weight excluding hydrogens is 372 g/mol. The third-order valence-corrected chi connectivity index (χ3v) is 7.46. The summed E-state index contributed by atoms with van der Waals surface area (Å²) in [5.74, 6) is 1.34. The van der Waals surface area contributed by atoms with Crippen LogP contribution < -0.4 is 10.4 Å². The van der Waals surface area contributed by atoms with E-state index < -0.39 is 0 Å². The summed E-state index contributed by atoms with van der Waals surface area (Å²) in [7, 11) is 0. The molecule has 0 amide bonds. The van der Waals surface area contributed by atoms with Gasteiger partial charge in [0.25, 0.3) is 0 Å². The Morgan fingerprint density at radius 1 is 0.742 bits per heavy atom. The predicted octanol–water partition coefficient (Wildman–Crippen LogP) is 6.36. The predicted molar refractivity (Wildman–Crippen MR) is 131 cm³/mol. The van der Waals surface area contributed by atoms with Crippen molar-refractivity contribution in [3.8, 4) is 11.1 Å². The van der Waals surface area contributed by atoms with Crippen LogP contribution in [0.1, 0.15) is 43.2 Å². The van der Waals surface area contributed by atoms with Crippen molar-refractivity contribution in [1.82, 2.24) is 0 Å². The molecule has 0 saturated heterocycles. The average Bonchev–Trinajstić information content (AvgIpc) is 3.34. The van der Waals surface area contributed by atoms with E-state index in [0.717, 1.165) is 0 Å². The maximum absolute atomic E-state index is 2.43. The van der Waals surface area contributed by atoms with Crippen LogP contribution in [0.5, 0.6) is 0 Å². The SMILES string of the molecule is CCCCC(C1=c2ccccc2=C2C=CC=CC21)C1c2ccccc2-c2ccccc21. The van der Waals surface area contributed by atoms with Crippen LogP contribution in [0.4, 0.5) is 0 Å². The van der Waals surface area contributed by atoms with Gasteiger partial charge in [0.15, 0.2) is 0 Å². The molecule has 6 rings (SSSR count). The van der Waals surface area contributed by atoms with Gasteiger partial charge in [-0.05, 0) is 56.2 Å². The molecule has 152 valence electrons. The Morgan fingerprint density at radius 3 is 2.10 bits per heavy atom. The van der Waals surface area contributed by atoms with Gasteiger partial charge in [-0.2, -0.15) is 0 Å². The maximum atomic E-state index is 2.43. The summed E-state index contributed by atoms with van der Waals surface area (Å²) in [5, 5.41) is 2.91. The smallest absolute Gasteiger partial charge is 0.0249 e. The lowest BCUT2D eigenvalue weighted by Gasteiger charge is -2.31. The zero-order valence-electron chi connectivity index (χ0n) is 18.1. The van der Waals surface area contributed by atoms with Gasteiger partial charge in [0.2, 0.25) is 0 Å². The normalized spacial score (nSPS) is 19.2. The van der Waals surface area contributed by atoms with E-state index in [4.69, 9.17) is 0 Å². The topological polar surface area (TPSA) is 0 Å². The fraction of sp³-hybridized carbons (Fsp3) is 0.226.